The predicted molar refractivity (Wildman–Crippen MR) is 119 cm³/mol. The molecule has 0 unspecified atom stereocenters. The van der Waals surface area contributed by atoms with Crippen molar-refractivity contribution < 1.29 is 9.53 Å². The maximum absolute atomic E-state index is 11.8. The summed E-state index contributed by atoms with van der Waals surface area (Å²) < 4.78 is 5.00. The van der Waals surface area contributed by atoms with Crippen LogP contribution < -0.4 is 10.6 Å². The van der Waals surface area contributed by atoms with Gasteiger partial charge in [-0.3, -0.25) is 0 Å². The van der Waals surface area contributed by atoms with Crippen molar-refractivity contribution >= 4 is 64.0 Å². The lowest BCUT2D eigenvalue weighted by atomic mass is 10.2. The van der Waals surface area contributed by atoms with Gasteiger partial charge in [0.05, 0.1) is 12.2 Å². The van der Waals surface area contributed by atoms with Crippen molar-refractivity contribution in [3.63, 3.8) is 0 Å². The molecular formula is C19H20Cl2N2O2S2. The van der Waals surface area contributed by atoms with Crippen LogP contribution in [0.25, 0.3) is 0 Å². The number of hydrogen-bond donors (Lipinski definition) is 2. The minimum Gasteiger partial charge on any atom is -0.462 e. The van der Waals surface area contributed by atoms with E-state index >= 15 is 0 Å². The summed E-state index contributed by atoms with van der Waals surface area (Å²) in [5, 5.41) is 8.06. The van der Waals surface area contributed by atoms with Crippen LogP contribution in [-0.2, 0) is 10.5 Å². The highest BCUT2D eigenvalue weighted by molar-refractivity contribution is 7.98. The standard InChI is InChI=1S/C19H20Cl2N2O2S2/c1-2-25-18(24)13-5-3-6-14(11-13)23-19(26)22-9-10-27-12-15-16(20)7-4-8-17(15)21/h3-8,11H,2,9-10,12H2,1H3,(H2,22,23,26). The van der Waals surface area contributed by atoms with E-state index in [2.05, 4.69) is 10.6 Å². The minimum absolute atomic E-state index is 0.341. The third-order valence-electron chi connectivity index (χ3n) is 3.47. The number of thiocarbonyl (C=S) groups is 1. The SMILES string of the molecule is CCOC(=O)c1cccc(NC(=S)NCCSCc2c(Cl)cccc2Cl)c1. The Morgan fingerprint density at radius 3 is 2.59 bits per heavy atom. The van der Waals surface area contributed by atoms with Gasteiger partial charge in [0, 0.05) is 33.8 Å². The zero-order valence-electron chi connectivity index (χ0n) is 14.8. The smallest absolute Gasteiger partial charge is 0.338 e. The van der Waals surface area contributed by atoms with Crippen LogP contribution in [0.1, 0.15) is 22.8 Å². The summed E-state index contributed by atoms with van der Waals surface area (Å²) in [5.41, 5.74) is 2.16. The molecule has 144 valence electrons. The van der Waals surface area contributed by atoms with Gasteiger partial charge < -0.3 is 15.4 Å². The first-order chi connectivity index (χ1) is 13.0. The fourth-order valence-electron chi connectivity index (χ4n) is 2.19. The summed E-state index contributed by atoms with van der Waals surface area (Å²) in [6.45, 7) is 2.81. The second-order valence-electron chi connectivity index (χ2n) is 5.43. The Hall–Kier alpha value is -1.47. The van der Waals surface area contributed by atoms with Gasteiger partial charge in [0.15, 0.2) is 5.11 Å². The molecule has 0 amide bonds. The molecule has 0 bridgehead atoms. The normalized spacial score (nSPS) is 10.3. The number of rotatable bonds is 8. The fourth-order valence-corrected chi connectivity index (χ4v) is 4.01. The lowest BCUT2D eigenvalue weighted by molar-refractivity contribution is 0.0526. The van der Waals surface area contributed by atoms with Crippen LogP contribution in [0.3, 0.4) is 0 Å². The third kappa shape index (κ3) is 7.22. The van der Waals surface area contributed by atoms with Crippen LogP contribution >= 0.6 is 47.2 Å². The van der Waals surface area contributed by atoms with Crippen LogP contribution in [0.5, 0.6) is 0 Å². The molecule has 0 aromatic heterocycles. The molecule has 0 aliphatic heterocycles. The van der Waals surface area contributed by atoms with Gasteiger partial charge in [-0.2, -0.15) is 11.8 Å². The largest absolute Gasteiger partial charge is 0.462 e. The van der Waals surface area contributed by atoms with Gasteiger partial charge in [-0.1, -0.05) is 35.3 Å². The molecule has 0 aliphatic rings. The van der Waals surface area contributed by atoms with Crippen LogP contribution in [-0.4, -0.2) is 30.0 Å². The van der Waals surface area contributed by atoms with Crippen molar-refractivity contribution in [3.05, 3.63) is 63.6 Å². The van der Waals surface area contributed by atoms with E-state index in [1.165, 1.54) is 0 Å². The number of carbonyl (C=O) groups excluding carboxylic acids is 1. The molecule has 2 N–H and O–H groups in total. The zero-order chi connectivity index (χ0) is 19.6. The van der Waals surface area contributed by atoms with Gasteiger partial charge in [-0.15, -0.1) is 0 Å². The molecule has 8 heteroatoms. The number of benzene rings is 2. The van der Waals surface area contributed by atoms with Crippen molar-refractivity contribution in [1.29, 1.82) is 0 Å². The molecule has 4 nitrogen and oxygen atoms in total. The number of thioether (sulfide) groups is 1. The van der Waals surface area contributed by atoms with E-state index < -0.39 is 0 Å². The molecule has 0 atom stereocenters. The molecule has 0 aliphatic carbocycles. The Morgan fingerprint density at radius 2 is 1.89 bits per heavy atom. The van der Waals surface area contributed by atoms with E-state index in [4.69, 9.17) is 40.2 Å². The molecule has 0 fully saturated rings. The molecule has 0 saturated carbocycles. The summed E-state index contributed by atoms with van der Waals surface area (Å²) in [6.07, 6.45) is 0. The molecule has 27 heavy (non-hydrogen) atoms. The Kier molecular flexibility index (Phi) is 9.21. The second kappa shape index (κ2) is 11.4. The molecule has 2 aromatic carbocycles. The number of ether oxygens (including phenoxy) is 1. The number of anilines is 1. The summed E-state index contributed by atoms with van der Waals surface area (Å²) in [5.74, 6) is 1.23. The van der Waals surface area contributed by atoms with Gasteiger partial charge in [-0.25, -0.2) is 4.79 Å². The first kappa shape index (κ1) is 21.8. The van der Waals surface area contributed by atoms with Crippen LogP contribution in [0.4, 0.5) is 5.69 Å². The predicted octanol–water partition coefficient (Wildman–Crippen LogP) is 5.39. The molecule has 0 spiro atoms. The van der Waals surface area contributed by atoms with Crippen LogP contribution in [0.2, 0.25) is 10.0 Å². The lowest BCUT2D eigenvalue weighted by Gasteiger charge is -2.12. The summed E-state index contributed by atoms with van der Waals surface area (Å²) in [4.78, 5) is 11.8. The van der Waals surface area contributed by atoms with Crippen molar-refractivity contribution in [2.45, 2.75) is 12.7 Å². The highest BCUT2D eigenvalue weighted by Crippen LogP contribution is 2.27. The van der Waals surface area contributed by atoms with E-state index in [0.717, 1.165) is 22.8 Å². The van der Waals surface area contributed by atoms with Gasteiger partial charge >= 0.3 is 5.97 Å². The first-order valence-corrected chi connectivity index (χ1v) is 10.7. The van der Waals surface area contributed by atoms with E-state index in [-0.39, 0.29) is 5.97 Å². The average Bonchev–Trinajstić information content (AvgIpc) is 2.64. The maximum Gasteiger partial charge on any atom is 0.338 e. The Labute approximate surface area is 179 Å². The molecular weight excluding hydrogens is 423 g/mol. The van der Waals surface area contributed by atoms with Crippen molar-refractivity contribution in [3.8, 4) is 0 Å². The topological polar surface area (TPSA) is 50.4 Å². The number of carbonyl (C=O) groups is 1. The van der Waals surface area contributed by atoms with Crippen molar-refractivity contribution in [2.75, 3.05) is 24.2 Å². The van der Waals surface area contributed by atoms with Gasteiger partial charge in [-0.05, 0) is 55.0 Å². The summed E-state index contributed by atoms with van der Waals surface area (Å²) >= 11 is 19.3. The van der Waals surface area contributed by atoms with Crippen LogP contribution in [0.15, 0.2) is 42.5 Å². The highest BCUT2D eigenvalue weighted by Gasteiger charge is 2.08. The Bertz CT molecular complexity index is 783. The molecule has 0 saturated heterocycles. The van der Waals surface area contributed by atoms with E-state index in [1.807, 2.05) is 24.3 Å². The quantitative estimate of drug-likeness (QED) is 0.324. The van der Waals surface area contributed by atoms with Crippen molar-refractivity contribution in [2.24, 2.45) is 0 Å². The van der Waals surface area contributed by atoms with Gasteiger partial charge in [0.1, 0.15) is 0 Å². The number of hydrogen-bond acceptors (Lipinski definition) is 4. The van der Waals surface area contributed by atoms with E-state index in [9.17, 15) is 4.79 Å². The Morgan fingerprint density at radius 1 is 1.19 bits per heavy atom. The van der Waals surface area contributed by atoms with E-state index in [1.54, 1.807) is 36.9 Å². The van der Waals surface area contributed by atoms with Crippen molar-refractivity contribution in [1.82, 2.24) is 5.32 Å². The highest BCUT2D eigenvalue weighted by atomic mass is 35.5. The zero-order valence-corrected chi connectivity index (χ0v) is 17.9. The van der Waals surface area contributed by atoms with Gasteiger partial charge in [0.2, 0.25) is 0 Å². The second-order valence-corrected chi connectivity index (χ2v) is 7.76. The molecule has 0 heterocycles. The number of halogens is 2. The summed E-state index contributed by atoms with van der Waals surface area (Å²) in [6, 6.07) is 12.5. The number of esters is 1. The monoisotopic (exact) mass is 442 g/mol. The molecule has 0 radical (unpaired) electrons. The lowest BCUT2D eigenvalue weighted by Crippen LogP contribution is -2.30. The number of nitrogens with one attached hydrogen (secondary N) is 2. The molecule has 2 rings (SSSR count). The maximum atomic E-state index is 11.8. The van der Waals surface area contributed by atoms with Gasteiger partial charge in [0.25, 0.3) is 0 Å². The summed E-state index contributed by atoms with van der Waals surface area (Å²) in [7, 11) is 0. The third-order valence-corrected chi connectivity index (χ3v) is 5.41. The average molecular weight is 443 g/mol. The Balaban J connectivity index is 1.74. The van der Waals surface area contributed by atoms with Crippen LogP contribution in [0, 0.1) is 0 Å². The first-order valence-electron chi connectivity index (χ1n) is 8.34. The molecule has 2 aromatic rings. The van der Waals surface area contributed by atoms with E-state index in [0.29, 0.717) is 33.9 Å². The fraction of sp³-hybridized carbons (Fsp3) is 0.263. The minimum atomic E-state index is -0.352.